The number of nitrogens with one attached hydrogen (secondary N) is 1. The van der Waals surface area contributed by atoms with Crippen molar-refractivity contribution in [2.24, 2.45) is 0 Å². The van der Waals surface area contributed by atoms with E-state index in [0.717, 1.165) is 23.5 Å². The Morgan fingerprint density at radius 3 is 2.88 bits per heavy atom. The van der Waals surface area contributed by atoms with Crippen LogP contribution in [-0.2, 0) is 6.54 Å². The minimum atomic E-state index is -0.313. The maximum absolute atomic E-state index is 14.2. The highest BCUT2D eigenvalue weighted by atomic mass is 19.1. The van der Waals surface area contributed by atoms with E-state index in [-0.39, 0.29) is 5.82 Å². The topological polar surface area (TPSA) is 60.0 Å². The lowest BCUT2D eigenvalue weighted by Crippen LogP contribution is -2.00. The standard InChI is InChI=1S/C18H17FN6/c1-3-25-17(6-7-22-25)12-9-21-18-23-16(11-24(18)10-12)14-8-13(20-2)4-5-15(14)19/h4-11,20H,3H2,1-2H3. The number of aromatic nitrogens is 5. The van der Waals surface area contributed by atoms with Gasteiger partial charge in [0, 0.05) is 55.2 Å². The molecule has 0 amide bonds. The summed E-state index contributed by atoms with van der Waals surface area (Å²) < 4.78 is 17.9. The van der Waals surface area contributed by atoms with Crippen LogP contribution in [0.2, 0.25) is 0 Å². The first kappa shape index (κ1) is 15.3. The summed E-state index contributed by atoms with van der Waals surface area (Å²) in [7, 11) is 1.80. The summed E-state index contributed by atoms with van der Waals surface area (Å²) in [6.45, 7) is 2.81. The van der Waals surface area contributed by atoms with Gasteiger partial charge in [0.1, 0.15) is 5.82 Å². The Balaban J connectivity index is 1.81. The highest BCUT2D eigenvalue weighted by Crippen LogP contribution is 2.26. The zero-order valence-electron chi connectivity index (χ0n) is 13.9. The van der Waals surface area contributed by atoms with Crippen molar-refractivity contribution in [3.8, 4) is 22.5 Å². The molecule has 0 unspecified atom stereocenters. The van der Waals surface area contributed by atoms with Gasteiger partial charge >= 0.3 is 0 Å². The molecule has 0 aliphatic rings. The van der Waals surface area contributed by atoms with Gasteiger partial charge in [0.05, 0.1) is 11.4 Å². The van der Waals surface area contributed by atoms with Gasteiger partial charge in [-0.1, -0.05) is 0 Å². The lowest BCUT2D eigenvalue weighted by atomic mass is 10.1. The molecular weight excluding hydrogens is 319 g/mol. The Bertz CT molecular complexity index is 1050. The molecule has 0 atom stereocenters. The van der Waals surface area contributed by atoms with Gasteiger partial charge in [-0.15, -0.1) is 0 Å². The number of halogens is 1. The van der Waals surface area contributed by atoms with Gasteiger partial charge in [-0.3, -0.25) is 9.08 Å². The van der Waals surface area contributed by atoms with Gasteiger partial charge in [-0.05, 0) is 31.2 Å². The molecule has 25 heavy (non-hydrogen) atoms. The van der Waals surface area contributed by atoms with Crippen molar-refractivity contribution in [2.45, 2.75) is 13.5 Å². The summed E-state index contributed by atoms with van der Waals surface area (Å²) in [6.07, 6.45) is 7.24. The van der Waals surface area contributed by atoms with E-state index in [2.05, 4.69) is 20.4 Å². The first-order chi connectivity index (χ1) is 12.2. The molecule has 1 aromatic carbocycles. The van der Waals surface area contributed by atoms with Gasteiger partial charge in [0.2, 0.25) is 5.78 Å². The monoisotopic (exact) mass is 336 g/mol. The number of rotatable bonds is 4. The van der Waals surface area contributed by atoms with Gasteiger partial charge < -0.3 is 5.32 Å². The van der Waals surface area contributed by atoms with Crippen LogP contribution in [0.1, 0.15) is 6.92 Å². The number of benzene rings is 1. The molecule has 4 aromatic rings. The third kappa shape index (κ3) is 2.63. The van der Waals surface area contributed by atoms with Crippen molar-refractivity contribution in [3.63, 3.8) is 0 Å². The fourth-order valence-electron chi connectivity index (χ4n) is 2.85. The van der Waals surface area contributed by atoms with Gasteiger partial charge in [-0.25, -0.2) is 14.4 Å². The second-order valence-corrected chi connectivity index (χ2v) is 5.65. The zero-order chi connectivity index (χ0) is 17.4. The first-order valence-corrected chi connectivity index (χ1v) is 8.04. The molecule has 0 saturated heterocycles. The minimum absolute atomic E-state index is 0.313. The van der Waals surface area contributed by atoms with Gasteiger partial charge in [0.15, 0.2) is 0 Å². The molecule has 0 bridgehead atoms. The number of hydrogen-bond acceptors (Lipinski definition) is 4. The smallest absolute Gasteiger partial charge is 0.234 e. The molecule has 4 rings (SSSR count). The molecule has 0 spiro atoms. The number of anilines is 1. The quantitative estimate of drug-likeness (QED) is 0.620. The number of fused-ring (bicyclic) bond motifs is 1. The van der Waals surface area contributed by atoms with Crippen LogP contribution in [-0.4, -0.2) is 31.2 Å². The molecule has 0 aliphatic carbocycles. The van der Waals surface area contributed by atoms with Crippen molar-refractivity contribution in [1.29, 1.82) is 0 Å². The molecule has 7 heteroatoms. The maximum atomic E-state index is 14.2. The van der Waals surface area contributed by atoms with E-state index in [9.17, 15) is 4.39 Å². The van der Waals surface area contributed by atoms with Crippen LogP contribution in [0.15, 0.2) is 49.1 Å². The molecule has 126 valence electrons. The summed E-state index contributed by atoms with van der Waals surface area (Å²) in [5.41, 5.74) is 3.73. The third-order valence-corrected chi connectivity index (χ3v) is 4.15. The fraction of sp³-hybridized carbons (Fsp3) is 0.167. The van der Waals surface area contributed by atoms with E-state index in [1.165, 1.54) is 6.07 Å². The predicted molar refractivity (Wildman–Crippen MR) is 94.8 cm³/mol. The van der Waals surface area contributed by atoms with Gasteiger partial charge in [0.25, 0.3) is 0 Å². The lowest BCUT2D eigenvalue weighted by Gasteiger charge is -2.04. The SMILES string of the molecule is CCn1nccc1-c1cnc2nc(-c3cc(NC)ccc3F)cn2c1. The molecule has 0 fully saturated rings. The van der Waals surface area contributed by atoms with Crippen LogP contribution >= 0.6 is 0 Å². The molecule has 6 nitrogen and oxygen atoms in total. The van der Waals surface area contributed by atoms with Crippen molar-refractivity contribution >= 4 is 11.5 Å². The van der Waals surface area contributed by atoms with Crippen molar-refractivity contribution in [1.82, 2.24) is 24.1 Å². The average Bonchev–Trinajstić information content (AvgIpc) is 3.27. The third-order valence-electron chi connectivity index (χ3n) is 4.15. The van der Waals surface area contributed by atoms with E-state index >= 15 is 0 Å². The number of aryl methyl sites for hydroxylation is 1. The molecule has 0 saturated carbocycles. The molecule has 0 radical (unpaired) electrons. The van der Waals surface area contributed by atoms with Crippen LogP contribution < -0.4 is 5.32 Å². The fourth-order valence-corrected chi connectivity index (χ4v) is 2.85. The largest absolute Gasteiger partial charge is 0.388 e. The zero-order valence-corrected chi connectivity index (χ0v) is 13.9. The van der Waals surface area contributed by atoms with E-state index in [1.54, 1.807) is 37.8 Å². The molecular formula is C18H17FN6. The average molecular weight is 336 g/mol. The van der Waals surface area contributed by atoms with Crippen LogP contribution in [0.3, 0.4) is 0 Å². The van der Waals surface area contributed by atoms with E-state index in [4.69, 9.17) is 0 Å². The summed E-state index contributed by atoms with van der Waals surface area (Å²) in [6, 6.07) is 6.81. The Hall–Kier alpha value is -3.22. The highest BCUT2D eigenvalue weighted by molar-refractivity contribution is 5.68. The second-order valence-electron chi connectivity index (χ2n) is 5.65. The Morgan fingerprint density at radius 2 is 2.08 bits per heavy atom. The molecule has 1 N–H and O–H groups in total. The van der Waals surface area contributed by atoms with E-state index in [0.29, 0.717) is 17.0 Å². The van der Waals surface area contributed by atoms with Crippen molar-refractivity contribution in [2.75, 3.05) is 12.4 Å². The second kappa shape index (κ2) is 6.01. The lowest BCUT2D eigenvalue weighted by molar-refractivity contribution is 0.631. The predicted octanol–water partition coefficient (Wildman–Crippen LogP) is 3.46. The summed E-state index contributed by atoms with van der Waals surface area (Å²) in [4.78, 5) is 8.85. The van der Waals surface area contributed by atoms with E-state index < -0.39 is 0 Å². The summed E-state index contributed by atoms with van der Waals surface area (Å²) >= 11 is 0. The number of hydrogen-bond donors (Lipinski definition) is 1. The Morgan fingerprint density at radius 1 is 1.20 bits per heavy atom. The normalized spacial score (nSPS) is 11.2. The van der Waals surface area contributed by atoms with Crippen molar-refractivity contribution < 1.29 is 4.39 Å². The van der Waals surface area contributed by atoms with Crippen LogP contribution in [0.25, 0.3) is 28.3 Å². The van der Waals surface area contributed by atoms with Gasteiger partial charge in [-0.2, -0.15) is 5.10 Å². The Kier molecular flexibility index (Phi) is 3.68. The van der Waals surface area contributed by atoms with Crippen LogP contribution in [0, 0.1) is 5.82 Å². The summed E-state index contributed by atoms with van der Waals surface area (Å²) in [5.74, 6) is 0.210. The Labute approximate surface area is 144 Å². The first-order valence-electron chi connectivity index (χ1n) is 8.04. The number of nitrogens with zero attached hydrogens (tertiary/aromatic N) is 5. The maximum Gasteiger partial charge on any atom is 0.234 e. The van der Waals surface area contributed by atoms with Crippen LogP contribution in [0.4, 0.5) is 10.1 Å². The van der Waals surface area contributed by atoms with Crippen LogP contribution in [0.5, 0.6) is 0 Å². The molecule has 3 heterocycles. The highest BCUT2D eigenvalue weighted by Gasteiger charge is 2.12. The molecule has 3 aromatic heterocycles. The summed E-state index contributed by atoms with van der Waals surface area (Å²) in [5, 5.41) is 7.29. The van der Waals surface area contributed by atoms with Crippen molar-refractivity contribution in [3.05, 3.63) is 54.9 Å². The number of imidazole rings is 1. The minimum Gasteiger partial charge on any atom is -0.388 e. The van der Waals surface area contributed by atoms with E-state index in [1.807, 2.05) is 28.3 Å². The molecule has 0 aliphatic heterocycles.